The Balaban J connectivity index is 1.38. The van der Waals surface area contributed by atoms with Gasteiger partial charge in [-0.3, -0.25) is 9.69 Å². The topological polar surface area (TPSA) is 93.8 Å². The highest BCUT2D eigenvalue weighted by molar-refractivity contribution is 5.44. The smallest absolute Gasteiger partial charge is 0.293 e. The van der Waals surface area contributed by atoms with Crippen molar-refractivity contribution in [2.45, 2.75) is 31.3 Å². The molecule has 1 aliphatic heterocycles. The van der Waals surface area contributed by atoms with Gasteiger partial charge < -0.3 is 20.0 Å². The number of hydrogen-bond acceptors (Lipinski definition) is 5. The van der Waals surface area contributed by atoms with Crippen LogP contribution in [-0.2, 0) is 13.0 Å². The number of aromatic nitrogens is 2. The molecule has 1 aliphatic rings. The Morgan fingerprint density at radius 3 is 2.44 bits per heavy atom. The first-order valence-corrected chi connectivity index (χ1v) is 11.2. The zero-order chi connectivity index (χ0) is 23.9. The van der Waals surface area contributed by atoms with Crippen molar-refractivity contribution < 1.29 is 10.2 Å². The molecule has 0 aliphatic carbocycles. The number of likely N-dealkylation sites (tertiary alicyclic amines) is 1. The number of aliphatic hydroxyl groups excluding tert-OH is 1. The molecule has 0 amide bonds. The van der Waals surface area contributed by atoms with E-state index in [4.69, 9.17) is 6.57 Å². The fraction of sp³-hybridized carbons (Fsp3) is 0.296. The molecule has 1 aromatic heterocycles. The molecular weight excluding hydrogens is 428 g/mol. The molecule has 0 saturated carbocycles. The van der Waals surface area contributed by atoms with Crippen LogP contribution in [0, 0.1) is 18.4 Å². The van der Waals surface area contributed by atoms with Gasteiger partial charge in [0.1, 0.15) is 0 Å². The monoisotopic (exact) mass is 454 g/mol. The van der Waals surface area contributed by atoms with Crippen LogP contribution >= 0.6 is 0 Å². The maximum atomic E-state index is 11.6. The summed E-state index contributed by atoms with van der Waals surface area (Å²) in [5, 5.41) is 19.7. The van der Waals surface area contributed by atoms with E-state index in [9.17, 15) is 15.0 Å². The van der Waals surface area contributed by atoms with Crippen molar-refractivity contribution in [2.75, 3.05) is 19.7 Å². The third-order valence-corrected chi connectivity index (χ3v) is 6.09. The third kappa shape index (κ3) is 5.71. The maximum Gasteiger partial charge on any atom is 0.293 e. The summed E-state index contributed by atoms with van der Waals surface area (Å²) < 4.78 is 0. The number of hydrogen-bond donors (Lipinski definition) is 3. The minimum atomic E-state index is -0.592. The normalized spacial score (nSPS) is 16.4. The van der Waals surface area contributed by atoms with Gasteiger partial charge in [0.25, 0.3) is 5.56 Å². The molecule has 0 bridgehead atoms. The number of nitrogens with one attached hydrogen (secondary N) is 1. The van der Waals surface area contributed by atoms with Crippen molar-refractivity contribution in [3.63, 3.8) is 0 Å². The fourth-order valence-electron chi connectivity index (χ4n) is 4.10. The summed E-state index contributed by atoms with van der Waals surface area (Å²) in [6, 6.07) is 15.9. The highest BCUT2D eigenvalue weighted by Crippen LogP contribution is 2.23. The van der Waals surface area contributed by atoms with Crippen LogP contribution in [0.5, 0.6) is 5.75 Å². The largest absolute Gasteiger partial charge is 0.502 e. The second kappa shape index (κ2) is 10.8. The van der Waals surface area contributed by atoms with Crippen LogP contribution in [0.25, 0.3) is 4.85 Å². The third-order valence-electron chi connectivity index (χ3n) is 6.09. The average Bonchev–Trinajstić information content (AvgIpc) is 3.32. The lowest BCUT2D eigenvalue weighted by Crippen LogP contribution is -2.20. The highest BCUT2D eigenvalue weighted by Gasteiger charge is 2.25. The number of aromatic hydroxyl groups is 1. The summed E-state index contributed by atoms with van der Waals surface area (Å²) in [6.45, 7) is 9.71. The van der Waals surface area contributed by atoms with Crippen molar-refractivity contribution in [1.29, 1.82) is 0 Å². The van der Waals surface area contributed by atoms with Crippen LogP contribution in [-0.4, -0.2) is 50.8 Å². The van der Waals surface area contributed by atoms with E-state index in [-0.39, 0.29) is 30.7 Å². The highest BCUT2D eigenvalue weighted by atomic mass is 16.3. The van der Waals surface area contributed by atoms with Crippen LogP contribution in [0.4, 0.5) is 0 Å². The Hall–Kier alpha value is -3.91. The molecule has 34 heavy (non-hydrogen) atoms. The fourth-order valence-corrected chi connectivity index (χ4v) is 4.10. The minimum Gasteiger partial charge on any atom is -0.502 e. The van der Waals surface area contributed by atoms with Crippen molar-refractivity contribution in [1.82, 2.24) is 14.9 Å². The summed E-state index contributed by atoms with van der Waals surface area (Å²) in [5.41, 5.74) is 3.54. The molecule has 2 heterocycles. The molecule has 172 valence electrons. The summed E-state index contributed by atoms with van der Waals surface area (Å²) in [6.07, 6.45) is 2.45. The van der Waals surface area contributed by atoms with E-state index >= 15 is 0 Å². The lowest BCUT2D eigenvalue weighted by Gasteiger charge is -2.14. The van der Waals surface area contributed by atoms with E-state index in [2.05, 4.69) is 43.7 Å². The van der Waals surface area contributed by atoms with Gasteiger partial charge in [-0.1, -0.05) is 36.1 Å². The Kier molecular flexibility index (Phi) is 7.39. The lowest BCUT2D eigenvalue weighted by molar-refractivity contribution is 0.263. The molecule has 0 spiro atoms. The first kappa shape index (κ1) is 23.3. The van der Waals surface area contributed by atoms with Gasteiger partial charge >= 0.3 is 0 Å². The zero-order valence-electron chi connectivity index (χ0n) is 18.7. The quantitative estimate of drug-likeness (QED) is 0.393. The van der Waals surface area contributed by atoms with Crippen molar-refractivity contribution in [2.24, 2.45) is 0 Å². The van der Waals surface area contributed by atoms with Crippen LogP contribution in [0.3, 0.4) is 0 Å². The molecule has 1 saturated heterocycles. The minimum absolute atomic E-state index is 0.135. The molecule has 7 heteroatoms. The van der Waals surface area contributed by atoms with Gasteiger partial charge in [-0.25, -0.2) is 11.6 Å². The predicted molar refractivity (Wildman–Crippen MR) is 129 cm³/mol. The zero-order valence-corrected chi connectivity index (χ0v) is 18.7. The van der Waals surface area contributed by atoms with E-state index < -0.39 is 11.3 Å². The molecule has 3 N–H and O–H groups in total. The van der Waals surface area contributed by atoms with E-state index in [0.29, 0.717) is 0 Å². The second-order valence-electron chi connectivity index (χ2n) is 8.49. The maximum absolute atomic E-state index is 11.6. The standard InChI is InChI=1S/C27H26N4O3/c1-28-24-12-13-31(16-24)15-21-6-4-19(5-7-21)2-3-20-8-10-22(11-9-20)23(17-32)14-25-26(33)27(34)30-18-29-25/h4-11,18,23-24,32-33H,12-17H2,(H,29,30,34)/t23?,24-/m0/s1. The first-order chi connectivity index (χ1) is 16.6. The van der Waals surface area contributed by atoms with Crippen molar-refractivity contribution in [3.05, 3.63) is 105 Å². The Morgan fingerprint density at radius 1 is 1.15 bits per heavy atom. The van der Waals surface area contributed by atoms with Gasteiger partial charge in [-0.2, -0.15) is 0 Å². The second-order valence-corrected chi connectivity index (χ2v) is 8.49. The van der Waals surface area contributed by atoms with Crippen molar-refractivity contribution >= 4 is 0 Å². The molecule has 0 radical (unpaired) electrons. The van der Waals surface area contributed by atoms with E-state index in [1.165, 1.54) is 11.9 Å². The number of rotatable bonds is 6. The van der Waals surface area contributed by atoms with E-state index in [1.54, 1.807) is 0 Å². The average molecular weight is 455 g/mol. The Bertz CT molecular complexity index is 1280. The Morgan fingerprint density at radius 2 is 1.82 bits per heavy atom. The Labute approximate surface area is 198 Å². The van der Waals surface area contributed by atoms with Crippen molar-refractivity contribution in [3.8, 4) is 17.6 Å². The molecule has 1 unspecified atom stereocenters. The van der Waals surface area contributed by atoms with Gasteiger partial charge in [-0.15, -0.1) is 0 Å². The number of nitrogens with zero attached hydrogens (tertiary/aromatic N) is 3. The molecule has 3 aromatic rings. The van der Waals surface area contributed by atoms with Gasteiger partial charge in [-0.05, 0) is 35.4 Å². The molecule has 2 aromatic carbocycles. The lowest BCUT2D eigenvalue weighted by atomic mass is 9.94. The van der Waals surface area contributed by atoms with Crippen LogP contribution in [0.1, 0.15) is 40.3 Å². The van der Waals surface area contributed by atoms with Gasteiger partial charge in [0, 0.05) is 43.0 Å². The SMILES string of the molecule is [C-]#[N+][C@H]1CCN(Cc2ccc(C#Cc3ccc(C(CO)Cc4nc[nH]c(=O)c4O)cc3)cc2)C1. The van der Waals surface area contributed by atoms with Crippen LogP contribution in [0.15, 0.2) is 59.7 Å². The van der Waals surface area contributed by atoms with Gasteiger partial charge in [0.15, 0.2) is 0 Å². The van der Waals surface area contributed by atoms with E-state index in [0.717, 1.165) is 42.7 Å². The summed E-state index contributed by atoms with van der Waals surface area (Å²) in [4.78, 5) is 23.9. The van der Waals surface area contributed by atoms with Crippen LogP contribution < -0.4 is 5.56 Å². The summed E-state index contributed by atoms with van der Waals surface area (Å²) in [7, 11) is 0. The summed E-state index contributed by atoms with van der Waals surface area (Å²) in [5.74, 6) is 5.63. The number of H-pyrrole nitrogens is 1. The molecule has 1 fully saturated rings. The molecule has 7 nitrogen and oxygen atoms in total. The number of aromatic amines is 1. The molecule has 2 atom stereocenters. The van der Waals surface area contributed by atoms with Crippen LogP contribution in [0.2, 0.25) is 0 Å². The number of benzene rings is 2. The van der Waals surface area contributed by atoms with Gasteiger partial charge in [0.2, 0.25) is 11.8 Å². The summed E-state index contributed by atoms with van der Waals surface area (Å²) >= 11 is 0. The van der Waals surface area contributed by atoms with Gasteiger partial charge in [0.05, 0.1) is 25.2 Å². The molecular formula is C27H26N4O3. The van der Waals surface area contributed by atoms with E-state index in [1.807, 2.05) is 36.4 Å². The first-order valence-electron chi connectivity index (χ1n) is 11.2. The number of aliphatic hydroxyl groups is 1. The molecule has 4 rings (SSSR count). The predicted octanol–water partition coefficient (Wildman–Crippen LogP) is 2.69.